The van der Waals surface area contributed by atoms with Gasteiger partial charge < -0.3 is 0 Å². The van der Waals surface area contributed by atoms with E-state index in [1.807, 2.05) is 24.4 Å². The Labute approximate surface area is 117 Å². The molecule has 0 spiro atoms. The SMILES string of the molecule is Clc1ccc2nc(-c3ccc(I)cc3)cn2n1. The molecule has 0 bridgehead atoms. The van der Waals surface area contributed by atoms with Crippen LogP contribution in [-0.4, -0.2) is 14.6 Å². The molecule has 0 fully saturated rings. The molecule has 5 heteroatoms. The van der Waals surface area contributed by atoms with Gasteiger partial charge in [0, 0.05) is 9.13 Å². The average molecular weight is 356 g/mol. The molecule has 0 saturated carbocycles. The zero-order chi connectivity index (χ0) is 11.8. The largest absolute Gasteiger partial charge is 0.227 e. The van der Waals surface area contributed by atoms with E-state index in [1.165, 1.54) is 3.57 Å². The van der Waals surface area contributed by atoms with Crippen molar-refractivity contribution in [1.29, 1.82) is 0 Å². The molecule has 0 amide bonds. The first-order chi connectivity index (χ1) is 8.22. The molecule has 17 heavy (non-hydrogen) atoms. The molecule has 2 aromatic heterocycles. The van der Waals surface area contributed by atoms with E-state index in [0.717, 1.165) is 16.9 Å². The van der Waals surface area contributed by atoms with E-state index in [1.54, 1.807) is 10.6 Å². The van der Waals surface area contributed by atoms with Crippen LogP contribution < -0.4 is 0 Å². The lowest BCUT2D eigenvalue weighted by atomic mass is 10.2. The van der Waals surface area contributed by atoms with Gasteiger partial charge in [-0.3, -0.25) is 0 Å². The van der Waals surface area contributed by atoms with Crippen LogP contribution in [0.1, 0.15) is 0 Å². The number of nitrogens with zero attached hydrogens (tertiary/aromatic N) is 3. The predicted molar refractivity (Wildman–Crippen MR) is 76.2 cm³/mol. The van der Waals surface area contributed by atoms with Crippen LogP contribution >= 0.6 is 34.2 Å². The number of hydrogen-bond acceptors (Lipinski definition) is 2. The molecule has 0 radical (unpaired) electrons. The van der Waals surface area contributed by atoms with Crippen LogP contribution in [0.3, 0.4) is 0 Å². The van der Waals surface area contributed by atoms with Gasteiger partial charge in [-0.1, -0.05) is 23.7 Å². The van der Waals surface area contributed by atoms with Gasteiger partial charge in [0.25, 0.3) is 0 Å². The van der Waals surface area contributed by atoms with Crippen molar-refractivity contribution in [2.75, 3.05) is 0 Å². The number of halogens is 2. The summed E-state index contributed by atoms with van der Waals surface area (Å²) in [4.78, 5) is 4.49. The Kier molecular flexibility index (Phi) is 2.76. The fourth-order valence-electron chi connectivity index (χ4n) is 1.62. The van der Waals surface area contributed by atoms with Gasteiger partial charge in [-0.15, -0.1) is 0 Å². The number of aromatic nitrogens is 3. The lowest BCUT2D eigenvalue weighted by Crippen LogP contribution is -1.88. The summed E-state index contributed by atoms with van der Waals surface area (Å²) in [5.41, 5.74) is 2.77. The summed E-state index contributed by atoms with van der Waals surface area (Å²) in [5, 5.41) is 4.62. The van der Waals surface area contributed by atoms with Crippen molar-refractivity contribution in [3.63, 3.8) is 0 Å². The molecule has 0 N–H and O–H groups in total. The summed E-state index contributed by atoms with van der Waals surface area (Å²) in [5.74, 6) is 0. The maximum atomic E-state index is 5.83. The second-order valence-corrected chi connectivity index (χ2v) is 5.22. The first-order valence-electron chi connectivity index (χ1n) is 5.00. The van der Waals surface area contributed by atoms with Crippen molar-refractivity contribution in [3.8, 4) is 11.3 Å². The highest BCUT2D eigenvalue weighted by Crippen LogP contribution is 2.20. The molecule has 0 aliphatic rings. The van der Waals surface area contributed by atoms with Gasteiger partial charge in [-0.05, 0) is 46.9 Å². The topological polar surface area (TPSA) is 30.2 Å². The average Bonchev–Trinajstić information content (AvgIpc) is 2.72. The molecule has 1 aromatic carbocycles. The molecule has 3 rings (SSSR count). The van der Waals surface area contributed by atoms with Crippen molar-refractivity contribution in [2.45, 2.75) is 0 Å². The van der Waals surface area contributed by atoms with Crippen molar-refractivity contribution in [2.24, 2.45) is 0 Å². The summed E-state index contributed by atoms with van der Waals surface area (Å²) in [6, 6.07) is 11.8. The molecule has 0 aliphatic heterocycles. The standard InChI is InChI=1S/C12H7ClIN3/c13-11-5-6-12-15-10(7-17(12)16-11)8-1-3-9(14)4-2-8/h1-7H. The number of benzene rings is 1. The fraction of sp³-hybridized carbons (Fsp3) is 0. The highest BCUT2D eigenvalue weighted by atomic mass is 127. The van der Waals surface area contributed by atoms with E-state index >= 15 is 0 Å². The van der Waals surface area contributed by atoms with E-state index in [9.17, 15) is 0 Å². The summed E-state index contributed by atoms with van der Waals surface area (Å²) >= 11 is 8.11. The minimum atomic E-state index is 0.462. The van der Waals surface area contributed by atoms with Crippen molar-refractivity contribution in [3.05, 3.63) is 51.3 Å². The molecule has 0 atom stereocenters. The predicted octanol–water partition coefficient (Wildman–Crippen LogP) is 3.65. The third-order valence-corrected chi connectivity index (χ3v) is 3.35. The highest BCUT2D eigenvalue weighted by Gasteiger charge is 2.05. The van der Waals surface area contributed by atoms with Gasteiger partial charge in [0.15, 0.2) is 5.65 Å². The van der Waals surface area contributed by atoms with Crippen LogP contribution in [0.25, 0.3) is 16.9 Å². The fourth-order valence-corrected chi connectivity index (χ4v) is 2.12. The summed E-state index contributed by atoms with van der Waals surface area (Å²) in [6.45, 7) is 0. The molecule has 0 saturated heterocycles. The first-order valence-corrected chi connectivity index (χ1v) is 6.46. The molecule has 0 aliphatic carbocycles. The second-order valence-electron chi connectivity index (χ2n) is 3.59. The second kappa shape index (κ2) is 4.27. The lowest BCUT2D eigenvalue weighted by molar-refractivity contribution is 0.937. The molecule has 3 nitrogen and oxygen atoms in total. The van der Waals surface area contributed by atoms with E-state index in [-0.39, 0.29) is 0 Å². The van der Waals surface area contributed by atoms with Crippen LogP contribution in [0.4, 0.5) is 0 Å². The Morgan fingerprint density at radius 3 is 2.59 bits per heavy atom. The first kappa shape index (κ1) is 11.0. The maximum Gasteiger partial charge on any atom is 0.154 e. The zero-order valence-corrected chi connectivity index (χ0v) is 11.6. The molecule has 3 aromatic rings. The third kappa shape index (κ3) is 2.14. The zero-order valence-electron chi connectivity index (χ0n) is 8.64. The minimum absolute atomic E-state index is 0.462. The van der Waals surface area contributed by atoms with Crippen molar-refractivity contribution >= 4 is 39.8 Å². The van der Waals surface area contributed by atoms with Gasteiger partial charge in [0.05, 0.1) is 11.9 Å². The van der Waals surface area contributed by atoms with Gasteiger partial charge in [0.2, 0.25) is 0 Å². The smallest absolute Gasteiger partial charge is 0.154 e. The van der Waals surface area contributed by atoms with Crippen LogP contribution in [-0.2, 0) is 0 Å². The Bertz CT molecular complexity index is 676. The normalized spacial score (nSPS) is 10.9. The Morgan fingerprint density at radius 2 is 1.82 bits per heavy atom. The number of imidazole rings is 1. The van der Waals surface area contributed by atoms with Crippen LogP contribution in [0.2, 0.25) is 5.15 Å². The van der Waals surface area contributed by atoms with E-state index in [2.05, 4.69) is 44.8 Å². The van der Waals surface area contributed by atoms with E-state index < -0.39 is 0 Å². The molecular formula is C12H7ClIN3. The van der Waals surface area contributed by atoms with Gasteiger partial charge >= 0.3 is 0 Å². The van der Waals surface area contributed by atoms with Gasteiger partial charge in [0.1, 0.15) is 5.15 Å². The van der Waals surface area contributed by atoms with Crippen LogP contribution in [0.15, 0.2) is 42.6 Å². The van der Waals surface area contributed by atoms with Gasteiger partial charge in [-0.2, -0.15) is 5.10 Å². The lowest BCUT2D eigenvalue weighted by Gasteiger charge is -1.95. The summed E-state index contributed by atoms with van der Waals surface area (Å²) < 4.78 is 2.90. The maximum absolute atomic E-state index is 5.83. The van der Waals surface area contributed by atoms with E-state index in [4.69, 9.17) is 11.6 Å². The molecule has 2 heterocycles. The molecular weight excluding hydrogens is 349 g/mol. The minimum Gasteiger partial charge on any atom is -0.227 e. The number of hydrogen-bond donors (Lipinski definition) is 0. The summed E-state index contributed by atoms with van der Waals surface area (Å²) in [7, 11) is 0. The van der Waals surface area contributed by atoms with Crippen molar-refractivity contribution in [1.82, 2.24) is 14.6 Å². The van der Waals surface area contributed by atoms with Crippen LogP contribution in [0.5, 0.6) is 0 Å². The number of fused-ring (bicyclic) bond motifs is 1. The van der Waals surface area contributed by atoms with Crippen LogP contribution in [0, 0.1) is 3.57 Å². The summed E-state index contributed by atoms with van der Waals surface area (Å²) in [6.07, 6.45) is 1.88. The Balaban J connectivity index is 2.14. The number of rotatable bonds is 1. The van der Waals surface area contributed by atoms with E-state index in [0.29, 0.717) is 5.15 Å². The van der Waals surface area contributed by atoms with Crippen molar-refractivity contribution < 1.29 is 0 Å². The Morgan fingerprint density at radius 1 is 1.06 bits per heavy atom. The Hall–Kier alpha value is -1.14. The molecule has 84 valence electrons. The monoisotopic (exact) mass is 355 g/mol. The highest BCUT2D eigenvalue weighted by molar-refractivity contribution is 14.1. The third-order valence-electron chi connectivity index (χ3n) is 2.43. The van der Waals surface area contributed by atoms with Gasteiger partial charge in [-0.25, -0.2) is 9.50 Å². The quantitative estimate of drug-likeness (QED) is 0.624. The molecule has 0 unspecified atom stereocenters.